The van der Waals surface area contributed by atoms with E-state index in [1.165, 1.54) is 32.2 Å². The molecule has 0 aromatic heterocycles. The van der Waals surface area contributed by atoms with Crippen LogP contribution in [-0.4, -0.2) is 48.8 Å². The predicted octanol–water partition coefficient (Wildman–Crippen LogP) is 2.02. The van der Waals surface area contributed by atoms with Gasteiger partial charge in [-0.2, -0.15) is 0 Å². The molecule has 0 amide bonds. The maximum absolute atomic E-state index is 6.01. The molecule has 2 rings (SSSR count). The molecule has 3 heteroatoms. The van der Waals surface area contributed by atoms with E-state index >= 15 is 0 Å². The Kier molecular flexibility index (Phi) is 4.11. The summed E-state index contributed by atoms with van der Waals surface area (Å²) in [6, 6.07) is 1.40. The summed E-state index contributed by atoms with van der Waals surface area (Å²) in [6.07, 6.45) is 5.38. The SMILES string of the molecule is CC1CC(NCC2CCC(C)(C)O2)CCN1C. The fourth-order valence-corrected chi connectivity index (χ4v) is 2.99. The predicted molar refractivity (Wildman–Crippen MR) is 71.3 cm³/mol. The minimum absolute atomic E-state index is 0.104. The Morgan fingerprint density at radius 2 is 2.12 bits per heavy atom. The van der Waals surface area contributed by atoms with Gasteiger partial charge in [0.05, 0.1) is 11.7 Å². The van der Waals surface area contributed by atoms with E-state index in [0.717, 1.165) is 6.54 Å². The summed E-state index contributed by atoms with van der Waals surface area (Å²) in [6.45, 7) is 8.97. The maximum Gasteiger partial charge on any atom is 0.0707 e. The first-order valence-corrected chi connectivity index (χ1v) is 7.08. The van der Waals surface area contributed by atoms with Crippen molar-refractivity contribution in [3.63, 3.8) is 0 Å². The van der Waals surface area contributed by atoms with Crippen molar-refractivity contribution < 1.29 is 4.74 Å². The summed E-state index contributed by atoms with van der Waals surface area (Å²) in [4.78, 5) is 2.45. The van der Waals surface area contributed by atoms with Gasteiger partial charge >= 0.3 is 0 Å². The molecular formula is C14H28N2O. The normalized spacial score (nSPS) is 38.5. The van der Waals surface area contributed by atoms with Gasteiger partial charge in [-0.1, -0.05) is 0 Å². The second-order valence-electron chi connectivity index (χ2n) is 6.50. The van der Waals surface area contributed by atoms with Gasteiger partial charge in [0.2, 0.25) is 0 Å². The van der Waals surface area contributed by atoms with Crippen molar-refractivity contribution in [2.75, 3.05) is 20.1 Å². The lowest BCUT2D eigenvalue weighted by Gasteiger charge is -2.36. The van der Waals surface area contributed by atoms with E-state index in [0.29, 0.717) is 18.2 Å². The zero-order valence-corrected chi connectivity index (χ0v) is 11.8. The third kappa shape index (κ3) is 3.67. The van der Waals surface area contributed by atoms with Gasteiger partial charge in [0.25, 0.3) is 0 Å². The molecule has 0 bridgehead atoms. The third-order valence-electron chi connectivity index (χ3n) is 4.40. The average molecular weight is 240 g/mol. The largest absolute Gasteiger partial charge is 0.371 e. The van der Waals surface area contributed by atoms with Gasteiger partial charge in [-0.05, 0) is 60.0 Å². The quantitative estimate of drug-likeness (QED) is 0.817. The van der Waals surface area contributed by atoms with E-state index in [4.69, 9.17) is 4.74 Å². The molecular weight excluding hydrogens is 212 g/mol. The highest BCUT2D eigenvalue weighted by atomic mass is 16.5. The van der Waals surface area contributed by atoms with Crippen molar-refractivity contribution in [1.29, 1.82) is 0 Å². The van der Waals surface area contributed by atoms with Gasteiger partial charge in [-0.25, -0.2) is 0 Å². The van der Waals surface area contributed by atoms with E-state index < -0.39 is 0 Å². The topological polar surface area (TPSA) is 24.5 Å². The van der Waals surface area contributed by atoms with E-state index in [1.54, 1.807) is 0 Å². The molecule has 0 aromatic rings. The second-order valence-corrected chi connectivity index (χ2v) is 6.50. The lowest BCUT2D eigenvalue weighted by atomic mass is 9.98. The Bertz CT molecular complexity index is 255. The molecule has 2 aliphatic heterocycles. The van der Waals surface area contributed by atoms with Gasteiger partial charge < -0.3 is 15.0 Å². The first-order valence-electron chi connectivity index (χ1n) is 7.08. The molecule has 0 aromatic carbocycles. The minimum Gasteiger partial charge on any atom is -0.371 e. The average Bonchev–Trinajstić information content (AvgIpc) is 2.60. The van der Waals surface area contributed by atoms with E-state index in [2.05, 4.69) is 38.0 Å². The molecule has 2 heterocycles. The minimum atomic E-state index is 0.104. The molecule has 100 valence electrons. The van der Waals surface area contributed by atoms with E-state index in [9.17, 15) is 0 Å². The summed E-state index contributed by atoms with van der Waals surface area (Å²) in [5.41, 5.74) is 0.104. The van der Waals surface area contributed by atoms with Crippen LogP contribution in [0.25, 0.3) is 0 Å². The van der Waals surface area contributed by atoms with Crippen LogP contribution in [0.1, 0.15) is 46.5 Å². The number of hydrogen-bond acceptors (Lipinski definition) is 3. The molecule has 2 aliphatic rings. The van der Waals surface area contributed by atoms with Crippen LogP contribution in [0, 0.1) is 0 Å². The molecule has 1 N–H and O–H groups in total. The van der Waals surface area contributed by atoms with Crippen molar-refractivity contribution in [3.8, 4) is 0 Å². The molecule has 3 atom stereocenters. The molecule has 0 saturated carbocycles. The Balaban J connectivity index is 1.69. The summed E-state index contributed by atoms with van der Waals surface area (Å²) >= 11 is 0. The molecule has 2 fully saturated rings. The number of piperidine rings is 1. The molecule has 3 nitrogen and oxygen atoms in total. The summed E-state index contributed by atoms with van der Waals surface area (Å²) in [7, 11) is 2.23. The van der Waals surface area contributed by atoms with Crippen molar-refractivity contribution in [2.24, 2.45) is 0 Å². The van der Waals surface area contributed by atoms with Crippen molar-refractivity contribution in [1.82, 2.24) is 10.2 Å². The number of nitrogens with one attached hydrogen (secondary N) is 1. The van der Waals surface area contributed by atoms with Crippen LogP contribution in [0.15, 0.2) is 0 Å². The summed E-state index contributed by atoms with van der Waals surface area (Å²) < 4.78 is 6.01. The molecule has 0 radical (unpaired) electrons. The Labute approximate surface area is 106 Å². The second kappa shape index (κ2) is 5.25. The van der Waals surface area contributed by atoms with Crippen molar-refractivity contribution in [2.45, 2.75) is 70.2 Å². The van der Waals surface area contributed by atoms with Gasteiger partial charge in [0, 0.05) is 18.6 Å². The fourth-order valence-electron chi connectivity index (χ4n) is 2.99. The number of ether oxygens (including phenoxy) is 1. The molecule has 0 aliphatic carbocycles. The van der Waals surface area contributed by atoms with Crippen LogP contribution in [0.3, 0.4) is 0 Å². The molecule has 3 unspecified atom stereocenters. The molecule has 0 spiro atoms. The van der Waals surface area contributed by atoms with Gasteiger partial charge in [0.15, 0.2) is 0 Å². The van der Waals surface area contributed by atoms with Crippen molar-refractivity contribution in [3.05, 3.63) is 0 Å². The summed E-state index contributed by atoms with van der Waals surface area (Å²) in [5, 5.41) is 3.70. The number of hydrogen-bond donors (Lipinski definition) is 1. The van der Waals surface area contributed by atoms with Crippen molar-refractivity contribution >= 4 is 0 Å². The highest BCUT2D eigenvalue weighted by molar-refractivity contribution is 4.85. The Hall–Kier alpha value is -0.120. The van der Waals surface area contributed by atoms with Gasteiger partial charge in [-0.15, -0.1) is 0 Å². The van der Waals surface area contributed by atoms with Crippen LogP contribution >= 0.6 is 0 Å². The highest BCUT2D eigenvalue weighted by Crippen LogP contribution is 2.29. The molecule has 2 saturated heterocycles. The Morgan fingerprint density at radius 1 is 1.35 bits per heavy atom. The zero-order valence-electron chi connectivity index (χ0n) is 11.8. The standard InChI is InChI=1S/C14H28N2O/c1-11-9-12(6-8-16(11)4)15-10-13-5-7-14(2,3)17-13/h11-13,15H,5-10H2,1-4H3. The van der Waals surface area contributed by atoms with Gasteiger partial charge in [0.1, 0.15) is 0 Å². The van der Waals surface area contributed by atoms with Crippen LogP contribution in [-0.2, 0) is 4.74 Å². The lowest BCUT2D eigenvalue weighted by Crippen LogP contribution is -2.47. The van der Waals surface area contributed by atoms with Crippen LogP contribution in [0.4, 0.5) is 0 Å². The monoisotopic (exact) mass is 240 g/mol. The Morgan fingerprint density at radius 3 is 2.71 bits per heavy atom. The maximum atomic E-state index is 6.01. The number of rotatable bonds is 3. The lowest BCUT2D eigenvalue weighted by molar-refractivity contribution is -0.0161. The van der Waals surface area contributed by atoms with E-state index in [-0.39, 0.29) is 5.60 Å². The third-order valence-corrected chi connectivity index (χ3v) is 4.40. The van der Waals surface area contributed by atoms with E-state index in [1.807, 2.05) is 0 Å². The van der Waals surface area contributed by atoms with Crippen LogP contribution in [0.5, 0.6) is 0 Å². The highest BCUT2D eigenvalue weighted by Gasteiger charge is 2.32. The smallest absolute Gasteiger partial charge is 0.0707 e. The van der Waals surface area contributed by atoms with Crippen LogP contribution < -0.4 is 5.32 Å². The zero-order chi connectivity index (χ0) is 12.5. The van der Waals surface area contributed by atoms with Gasteiger partial charge in [-0.3, -0.25) is 0 Å². The fraction of sp³-hybridized carbons (Fsp3) is 1.00. The first kappa shape index (κ1) is 13.3. The number of nitrogens with zero attached hydrogens (tertiary/aromatic N) is 1. The number of likely N-dealkylation sites (tertiary alicyclic amines) is 1. The van der Waals surface area contributed by atoms with Crippen LogP contribution in [0.2, 0.25) is 0 Å². The summed E-state index contributed by atoms with van der Waals surface area (Å²) in [5.74, 6) is 0. The molecule has 17 heavy (non-hydrogen) atoms. The first-order chi connectivity index (χ1) is 7.96.